The number of carbonyl (C=O) groups is 1. The third kappa shape index (κ3) is 2.42. The molecule has 0 saturated heterocycles. The number of benzene rings is 1. The molecule has 2 atom stereocenters. The number of hydrogen-bond acceptors (Lipinski definition) is 2. The Labute approximate surface area is 95.5 Å². The summed E-state index contributed by atoms with van der Waals surface area (Å²) in [7, 11) is 0. The molecule has 3 heteroatoms. The van der Waals surface area contributed by atoms with Crippen LogP contribution in [0.4, 0.5) is 0 Å². The molecule has 2 unspecified atom stereocenters. The van der Waals surface area contributed by atoms with Gasteiger partial charge in [0.1, 0.15) is 0 Å². The first-order valence-corrected chi connectivity index (χ1v) is 5.73. The number of rotatable bonds is 4. The third-order valence-electron chi connectivity index (χ3n) is 3.30. The van der Waals surface area contributed by atoms with Crippen molar-refractivity contribution in [2.75, 3.05) is 6.61 Å². The highest BCUT2D eigenvalue weighted by molar-refractivity contribution is 5.79. The molecule has 0 spiro atoms. The van der Waals surface area contributed by atoms with Crippen molar-refractivity contribution >= 4 is 5.91 Å². The summed E-state index contributed by atoms with van der Waals surface area (Å²) < 4.78 is 0. The predicted molar refractivity (Wildman–Crippen MR) is 61.6 cm³/mol. The predicted octanol–water partition coefficient (Wildman–Crippen LogP) is 1.32. The maximum Gasteiger partial charge on any atom is 0.223 e. The minimum atomic E-state index is 0.0220. The SMILES string of the molecule is O=C(NCc1ccccc1)C1CCC1CO. The Balaban J connectivity index is 1.80. The second-order valence-electron chi connectivity index (χ2n) is 4.33. The van der Waals surface area contributed by atoms with Crippen molar-refractivity contribution < 1.29 is 9.90 Å². The fourth-order valence-corrected chi connectivity index (χ4v) is 2.05. The van der Waals surface area contributed by atoms with Crippen LogP contribution in [0.25, 0.3) is 0 Å². The minimum absolute atomic E-state index is 0.0220. The molecule has 1 aliphatic carbocycles. The van der Waals surface area contributed by atoms with Gasteiger partial charge in [0.25, 0.3) is 0 Å². The lowest BCUT2D eigenvalue weighted by Gasteiger charge is -2.33. The molecule has 1 fully saturated rings. The number of aliphatic hydroxyl groups excluding tert-OH is 1. The molecule has 16 heavy (non-hydrogen) atoms. The van der Waals surface area contributed by atoms with Crippen LogP contribution in [0.15, 0.2) is 30.3 Å². The van der Waals surface area contributed by atoms with E-state index in [1.54, 1.807) is 0 Å². The quantitative estimate of drug-likeness (QED) is 0.802. The zero-order valence-corrected chi connectivity index (χ0v) is 9.23. The van der Waals surface area contributed by atoms with E-state index in [-0.39, 0.29) is 24.3 Å². The van der Waals surface area contributed by atoms with Crippen LogP contribution in [-0.4, -0.2) is 17.6 Å². The van der Waals surface area contributed by atoms with Gasteiger partial charge in [-0.2, -0.15) is 0 Å². The maximum atomic E-state index is 11.7. The van der Waals surface area contributed by atoms with Gasteiger partial charge in [0.05, 0.1) is 0 Å². The third-order valence-corrected chi connectivity index (χ3v) is 3.30. The molecule has 1 amide bonds. The van der Waals surface area contributed by atoms with Gasteiger partial charge in [0, 0.05) is 19.1 Å². The Morgan fingerprint density at radius 1 is 1.31 bits per heavy atom. The van der Waals surface area contributed by atoms with Gasteiger partial charge in [-0.05, 0) is 24.3 Å². The van der Waals surface area contributed by atoms with E-state index < -0.39 is 0 Å². The Hall–Kier alpha value is -1.35. The second kappa shape index (κ2) is 5.12. The molecular formula is C13H17NO2. The molecule has 0 bridgehead atoms. The Bertz CT molecular complexity index is 348. The first kappa shape index (κ1) is 11.1. The molecule has 0 heterocycles. The van der Waals surface area contributed by atoms with E-state index in [1.165, 1.54) is 0 Å². The highest BCUT2D eigenvalue weighted by atomic mass is 16.3. The van der Waals surface area contributed by atoms with Crippen LogP contribution in [0, 0.1) is 11.8 Å². The number of amides is 1. The van der Waals surface area contributed by atoms with Crippen LogP contribution >= 0.6 is 0 Å². The second-order valence-corrected chi connectivity index (χ2v) is 4.33. The van der Waals surface area contributed by atoms with Crippen molar-refractivity contribution in [2.45, 2.75) is 19.4 Å². The molecule has 0 aromatic heterocycles. The van der Waals surface area contributed by atoms with E-state index >= 15 is 0 Å². The summed E-state index contributed by atoms with van der Waals surface area (Å²) in [5.74, 6) is 0.277. The van der Waals surface area contributed by atoms with Crippen LogP contribution in [0.2, 0.25) is 0 Å². The maximum absolute atomic E-state index is 11.7. The van der Waals surface area contributed by atoms with Crippen LogP contribution in [0.3, 0.4) is 0 Å². The first-order valence-electron chi connectivity index (χ1n) is 5.73. The van der Waals surface area contributed by atoms with E-state index in [2.05, 4.69) is 5.32 Å². The summed E-state index contributed by atoms with van der Waals surface area (Å²) in [5, 5.41) is 11.9. The molecule has 1 aromatic rings. The Morgan fingerprint density at radius 2 is 2.06 bits per heavy atom. The molecule has 86 valence electrons. The van der Waals surface area contributed by atoms with Gasteiger partial charge in [-0.3, -0.25) is 4.79 Å². The average Bonchev–Trinajstić information content (AvgIpc) is 2.27. The number of aliphatic hydroxyl groups is 1. The van der Waals surface area contributed by atoms with Gasteiger partial charge in [-0.1, -0.05) is 30.3 Å². The summed E-state index contributed by atoms with van der Waals surface area (Å²) in [6.45, 7) is 0.706. The van der Waals surface area contributed by atoms with Crippen molar-refractivity contribution in [3.05, 3.63) is 35.9 Å². The fraction of sp³-hybridized carbons (Fsp3) is 0.462. The van der Waals surface area contributed by atoms with Crippen LogP contribution in [0.5, 0.6) is 0 Å². The Morgan fingerprint density at radius 3 is 2.62 bits per heavy atom. The largest absolute Gasteiger partial charge is 0.396 e. The van der Waals surface area contributed by atoms with Crippen LogP contribution in [-0.2, 0) is 11.3 Å². The molecule has 1 saturated carbocycles. The van der Waals surface area contributed by atoms with E-state index in [0.717, 1.165) is 18.4 Å². The minimum Gasteiger partial charge on any atom is -0.396 e. The summed E-state index contributed by atoms with van der Waals surface area (Å²) in [6.07, 6.45) is 1.88. The van der Waals surface area contributed by atoms with Gasteiger partial charge in [0.2, 0.25) is 5.91 Å². The lowest BCUT2D eigenvalue weighted by atomic mass is 9.73. The molecule has 0 radical (unpaired) electrons. The van der Waals surface area contributed by atoms with Crippen LogP contribution in [0.1, 0.15) is 18.4 Å². The van der Waals surface area contributed by atoms with Gasteiger partial charge < -0.3 is 10.4 Å². The van der Waals surface area contributed by atoms with Crippen molar-refractivity contribution in [1.29, 1.82) is 0 Å². The summed E-state index contributed by atoms with van der Waals surface area (Å²) in [4.78, 5) is 11.7. The number of nitrogens with one attached hydrogen (secondary N) is 1. The molecule has 3 nitrogen and oxygen atoms in total. The lowest BCUT2D eigenvalue weighted by Crippen LogP contribution is -2.41. The van der Waals surface area contributed by atoms with E-state index in [4.69, 9.17) is 5.11 Å². The number of hydrogen-bond donors (Lipinski definition) is 2. The topological polar surface area (TPSA) is 49.3 Å². The molecule has 2 N–H and O–H groups in total. The summed E-state index contributed by atoms with van der Waals surface area (Å²) in [6, 6.07) is 9.86. The highest BCUT2D eigenvalue weighted by Gasteiger charge is 2.35. The van der Waals surface area contributed by atoms with Crippen molar-refractivity contribution in [2.24, 2.45) is 11.8 Å². The summed E-state index contributed by atoms with van der Waals surface area (Å²) >= 11 is 0. The standard InChI is InChI=1S/C13H17NO2/c15-9-11-6-7-12(11)13(16)14-8-10-4-2-1-3-5-10/h1-5,11-12,15H,6-9H2,(H,14,16). The van der Waals surface area contributed by atoms with E-state index in [9.17, 15) is 4.79 Å². The molecule has 2 rings (SSSR count). The van der Waals surface area contributed by atoms with E-state index in [0.29, 0.717) is 6.54 Å². The normalized spacial score (nSPS) is 23.6. The fourth-order valence-electron chi connectivity index (χ4n) is 2.05. The molecule has 1 aromatic carbocycles. The smallest absolute Gasteiger partial charge is 0.223 e. The first-order chi connectivity index (χ1) is 7.81. The average molecular weight is 219 g/mol. The van der Waals surface area contributed by atoms with Crippen molar-refractivity contribution in [3.8, 4) is 0 Å². The van der Waals surface area contributed by atoms with Crippen LogP contribution < -0.4 is 5.32 Å². The summed E-state index contributed by atoms with van der Waals surface area (Å²) in [5.41, 5.74) is 1.11. The lowest BCUT2D eigenvalue weighted by molar-refractivity contribution is -0.131. The number of carbonyl (C=O) groups excluding carboxylic acids is 1. The zero-order chi connectivity index (χ0) is 11.4. The molecule has 1 aliphatic rings. The Kier molecular flexibility index (Phi) is 3.57. The highest BCUT2D eigenvalue weighted by Crippen LogP contribution is 2.33. The van der Waals surface area contributed by atoms with Gasteiger partial charge in [0.15, 0.2) is 0 Å². The van der Waals surface area contributed by atoms with Crippen molar-refractivity contribution in [3.63, 3.8) is 0 Å². The van der Waals surface area contributed by atoms with E-state index in [1.807, 2.05) is 30.3 Å². The zero-order valence-electron chi connectivity index (χ0n) is 9.23. The van der Waals surface area contributed by atoms with Gasteiger partial charge >= 0.3 is 0 Å². The molecule has 0 aliphatic heterocycles. The molecular weight excluding hydrogens is 202 g/mol. The monoisotopic (exact) mass is 219 g/mol. The van der Waals surface area contributed by atoms with Crippen molar-refractivity contribution in [1.82, 2.24) is 5.32 Å². The van der Waals surface area contributed by atoms with Gasteiger partial charge in [-0.15, -0.1) is 0 Å². The van der Waals surface area contributed by atoms with Gasteiger partial charge in [-0.25, -0.2) is 0 Å².